The van der Waals surface area contributed by atoms with Gasteiger partial charge in [-0.05, 0) is 63.6 Å². The zero-order valence-corrected chi connectivity index (χ0v) is 18.2. The lowest BCUT2D eigenvalue weighted by Crippen LogP contribution is -2.49. The van der Waals surface area contributed by atoms with Gasteiger partial charge in [0.25, 0.3) is 0 Å². The second-order valence-electron chi connectivity index (χ2n) is 8.46. The van der Waals surface area contributed by atoms with Gasteiger partial charge < -0.3 is 10.6 Å². The number of carbonyl (C=O) groups is 1. The highest BCUT2D eigenvalue weighted by atomic mass is 16.2. The van der Waals surface area contributed by atoms with Crippen molar-refractivity contribution in [1.29, 1.82) is 0 Å². The van der Waals surface area contributed by atoms with Gasteiger partial charge in [-0.25, -0.2) is 0 Å². The highest BCUT2D eigenvalue weighted by molar-refractivity contribution is 5.83. The van der Waals surface area contributed by atoms with Crippen molar-refractivity contribution in [2.75, 3.05) is 19.6 Å². The fourth-order valence-corrected chi connectivity index (χ4v) is 3.82. The van der Waals surface area contributed by atoms with Crippen LogP contribution in [0.1, 0.15) is 58.9 Å². The molecule has 0 radical (unpaired) electrons. The van der Waals surface area contributed by atoms with Crippen LogP contribution >= 0.6 is 0 Å². The van der Waals surface area contributed by atoms with Crippen LogP contribution in [0, 0.1) is 11.3 Å². The van der Waals surface area contributed by atoms with Crippen LogP contribution in [-0.2, 0) is 11.2 Å². The topological polar surface area (TPSA) is 41.1 Å². The van der Waals surface area contributed by atoms with Crippen molar-refractivity contribution in [3.05, 3.63) is 59.2 Å². The van der Waals surface area contributed by atoms with Crippen molar-refractivity contribution in [2.45, 2.75) is 59.8 Å². The Balaban J connectivity index is 2.01. The first-order valence-corrected chi connectivity index (χ1v) is 10.9. The monoisotopic (exact) mass is 382 g/mol. The third-order valence-corrected chi connectivity index (χ3v) is 6.01. The van der Waals surface area contributed by atoms with E-state index in [0.717, 1.165) is 45.2 Å². The van der Waals surface area contributed by atoms with E-state index in [9.17, 15) is 4.79 Å². The summed E-state index contributed by atoms with van der Waals surface area (Å²) in [6.45, 7) is 11.3. The summed E-state index contributed by atoms with van der Waals surface area (Å²) in [6.07, 6.45) is 9.09. The van der Waals surface area contributed by atoms with E-state index in [1.807, 2.05) is 6.07 Å². The van der Waals surface area contributed by atoms with Crippen LogP contribution in [0.2, 0.25) is 0 Å². The highest BCUT2D eigenvalue weighted by Gasteiger charge is 2.39. The molecule has 0 spiro atoms. The molecule has 1 aliphatic heterocycles. The Hall–Kier alpha value is -1.87. The van der Waals surface area contributed by atoms with E-state index in [2.05, 4.69) is 74.7 Å². The average Bonchev–Trinajstić information content (AvgIpc) is 2.71. The Labute approximate surface area is 171 Å². The van der Waals surface area contributed by atoms with E-state index in [-0.39, 0.29) is 11.3 Å². The first-order valence-electron chi connectivity index (χ1n) is 10.9. The predicted molar refractivity (Wildman–Crippen MR) is 119 cm³/mol. The van der Waals surface area contributed by atoms with Gasteiger partial charge in [0.2, 0.25) is 5.91 Å². The van der Waals surface area contributed by atoms with Gasteiger partial charge in [-0.1, -0.05) is 74.4 Å². The van der Waals surface area contributed by atoms with Crippen molar-refractivity contribution < 1.29 is 4.79 Å². The van der Waals surface area contributed by atoms with E-state index in [4.69, 9.17) is 0 Å². The van der Waals surface area contributed by atoms with Crippen LogP contribution in [0.25, 0.3) is 0 Å². The van der Waals surface area contributed by atoms with Crippen LogP contribution in [0.5, 0.6) is 0 Å². The zero-order chi connectivity index (χ0) is 20.4. The SMILES string of the molecule is CC/C(C)=C/C=C(/CCNC(=O)C1(Cc2ccccc2)CCNCC1)C(C)C. The van der Waals surface area contributed by atoms with Crippen LogP contribution in [0.3, 0.4) is 0 Å². The first kappa shape index (κ1) is 22.4. The molecule has 0 bridgehead atoms. The minimum absolute atomic E-state index is 0.223. The number of piperidine rings is 1. The standard InChI is InChI=1S/C25H38N2O/c1-5-21(4)11-12-23(20(2)3)13-16-27-24(28)25(14-17-26-18-15-25)19-22-9-7-6-8-10-22/h6-12,20,26H,5,13-19H2,1-4H3,(H,27,28)/b21-11+,23-12-. The Morgan fingerprint density at radius 1 is 1.18 bits per heavy atom. The molecule has 28 heavy (non-hydrogen) atoms. The minimum Gasteiger partial charge on any atom is -0.355 e. The number of carbonyl (C=O) groups excluding carboxylic acids is 1. The second kappa shape index (κ2) is 11.2. The van der Waals surface area contributed by atoms with E-state index in [1.165, 1.54) is 16.7 Å². The van der Waals surface area contributed by atoms with Crippen molar-refractivity contribution in [2.24, 2.45) is 11.3 Å². The van der Waals surface area contributed by atoms with Gasteiger partial charge in [0.05, 0.1) is 5.41 Å². The molecular weight excluding hydrogens is 344 g/mol. The molecule has 0 aromatic heterocycles. The summed E-state index contributed by atoms with van der Waals surface area (Å²) in [4.78, 5) is 13.2. The summed E-state index contributed by atoms with van der Waals surface area (Å²) in [6, 6.07) is 10.4. The summed E-state index contributed by atoms with van der Waals surface area (Å²) >= 11 is 0. The number of hydrogen-bond acceptors (Lipinski definition) is 2. The lowest BCUT2D eigenvalue weighted by atomic mass is 9.73. The average molecular weight is 383 g/mol. The minimum atomic E-state index is -0.285. The summed E-state index contributed by atoms with van der Waals surface area (Å²) in [5.41, 5.74) is 3.75. The van der Waals surface area contributed by atoms with Gasteiger partial charge in [-0.2, -0.15) is 0 Å². The van der Waals surface area contributed by atoms with Crippen molar-refractivity contribution in [3.63, 3.8) is 0 Å². The van der Waals surface area contributed by atoms with Crippen LogP contribution in [-0.4, -0.2) is 25.5 Å². The smallest absolute Gasteiger partial charge is 0.226 e. The normalized spacial score (nSPS) is 17.6. The van der Waals surface area contributed by atoms with Crippen molar-refractivity contribution >= 4 is 5.91 Å². The molecule has 1 aromatic rings. The summed E-state index contributed by atoms with van der Waals surface area (Å²) in [5.74, 6) is 0.719. The van der Waals surface area contributed by atoms with Crippen molar-refractivity contribution in [1.82, 2.24) is 10.6 Å². The molecule has 2 N–H and O–H groups in total. The fraction of sp³-hybridized carbons (Fsp3) is 0.560. The molecule has 0 unspecified atom stereocenters. The first-order chi connectivity index (χ1) is 13.5. The number of benzene rings is 1. The quantitative estimate of drug-likeness (QED) is 0.587. The van der Waals surface area contributed by atoms with Gasteiger partial charge in [-0.15, -0.1) is 0 Å². The van der Waals surface area contributed by atoms with E-state index in [0.29, 0.717) is 12.5 Å². The van der Waals surface area contributed by atoms with E-state index < -0.39 is 0 Å². The summed E-state index contributed by atoms with van der Waals surface area (Å²) in [7, 11) is 0. The lowest BCUT2D eigenvalue weighted by Gasteiger charge is -2.36. The zero-order valence-electron chi connectivity index (χ0n) is 18.2. The van der Waals surface area contributed by atoms with E-state index >= 15 is 0 Å². The number of nitrogens with one attached hydrogen (secondary N) is 2. The molecule has 3 heteroatoms. The Kier molecular flexibility index (Phi) is 8.98. The molecule has 0 aliphatic carbocycles. The lowest BCUT2D eigenvalue weighted by molar-refractivity contribution is -0.132. The number of hydrogen-bond donors (Lipinski definition) is 2. The molecule has 2 rings (SSSR count). The number of amides is 1. The van der Waals surface area contributed by atoms with Crippen molar-refractivity contribution in [3.8, 4) is 0 Å². The molecule has 1 heterocycles. The molecule has 154 valence electrons. The Morgan fingerprint density at radius 3 is 2.46 bits per heavy atom. The predicted octanol–water partition coefficient (Wildman–Crippen LogP) is 5.04. The van der Waals surface area contributed by atoms with Gasteiger partial charge in [0.15, 0.2) is 0 Å². The molecule has 1 fully saturated rings. The molecular formula is C25H38N2O. The van der Waals surface area contributed by atoms with Crippen LogP contribution in [0.4, 0.5) is 0 Å². The number of rotatable bonds is 9. The third-order valence-electron chi connectivity index (χ3n) is 6.01. The molecule has 3 nitrogen and oxygen atoms in total. The molecule has 1 saturated heterocycles. The molecule has 0 atom stereocenters. The maximum Gasteiger partial charge on any atom is 0.226 e. The molecule has 0 saturated carbocycles. The van der Waals surface area contributed by atoms with Gasteiger partial charge in [0, 0.05) is 6.54 Å². The van der Waals surface area contributed by atoms with Gasteiger partial charge >= 0.3 is 0 Å². The molecule has 1 aliphatic rings. The Bertz CT molecular complexity index is 667. The fourth-order valence-electron chi connectivity index (χ4n) is 3.82. The maximum absolute atomic E-state index is 13.2. The van der Waals surface area contributed by atoms with Crippen LogP contribution < -0.4 is 10.6 Å². The molecule has 1 aromatic carbocycles. The van der Waals surface area contributed by atoms with Crippen LogP contribution in [0.15, 0.2) is 53.6 Å². The molecule has 1 amide bonds. The highest BCUT2D eigenvalue weighted by Crippen LogP contribution is 2.33. The van der Waals surface area contributed by atoms with Gasteiger partial charge in [-0.3, -0.25) is 4.79 Å². The summed E-state index contributed by atoms with van der Waals surface area (Å²) < 4.78 is 0. The summed E-state index contributed by atoms with van der Waals surface area (Å²) in [5, 5.41) is 6.68. The maximum atomic E-state index is 13.2. The Morgan fingerprint density at radius 2 is 1.86 bits per heavy atom. The van der Waals surface area contributed by atoms with Gasteiger partial charge in [0.1, 0.15) is 0 Å². The van der Waals surface area contributed by atoms with E-state index in [1.54, 1.807) is 0 Å². The largest absolute Gasteiger partial charge is 0.355 e. The number of allylic oxidation sites excluding steroid dienone is 3. The third kappa shape index (κ3) is 6.63. The second-order valence-corrected chi connectivity index (χ2v) is 8.46.